The molecule has 0 aromatic carbocycles. The molecule has 6 heteroatoms. The maximum absolute atomic E-state index is 4.20. The Balaban J connectivity index is 2.23. The minimum Gasteiger partial charge on any atom is -0.273 e. The third-order valence-electron chi connectivity index (χ3n) is 1.65. The molecule has 2 rings (SSSR count). The number of hydrogen-bond acceptors (Lipinski definition) is 4. The van der Waals surface area contributed by atoms with Crippen molar-refractivity contribution in [3.8, 4) is 0 Å². The van der Waals surface area contributed by atoms with Crippen LogP contribution in [-0.4, -0.2) is 24.9 Å². The van der Waals surface area contributed by atoms with Gasteiger partial charge >= 0.3 is 0 Å². The third-order valence-corrected chi connectivity index (χ3v) is 1.65. The normalized spacial score (nSPS) is 10.3. The van der Waals surface area contributed by atoms with E-state index in [0.717, 1.165) is 11.4 Å². The molecule has 0 fully saturated rings. The van der Waals surface area contributed by atoms with E-state index in [1.54, 1.807) is 17.1 Å². The molecule has 2 aromatic rings. The van der Waals surface area contributed by atoms with Crippen molar-refractivity contribution in [3.63, 3.8) is 0 Å². The van der Waals surface area contributed by atoms with Crippen molar-refractivity contribution in [1.82, 2.24) is 24.9 Å². The van der Waals surface area contributed by atoms with Crippen molar-refractivity contribution in [3.05, 3.63) is 24.2 Å². The Hall–Kier alpha value is -1.85. The van der Waals surface area contributed by atoms with Crippen LogP contribution in [0.2, 0.25) is 0 Å². The lowest BCUT2D eigenvalue weighted by atomic mass is 10.4. The van der Waals surface area contributed by atoms with Gasteiger partial charge in [0.15, 0.2) is 5.82 Å². The Morgan fingerprint density at radius 3 is 2.85 bits per heavy atom. The highest BCUT2D eigenvalue weighted by atomic mass is 15.6. The van der Waals surface area contributed by atoms with E-state index in [0.29, 0.717) is 0 Å². The molecule has 1 N–H and O–H groups in total. The summed E-state index contributed by atoms with van der Waals surface area (Å²) in [4.78, 5) is 1.51. The van der Waals surface area contributed by atoms with E-state index in [2.05, 4.69) is 20.8 Å². The predicted octanol–water partition coefficient (Wildman–Crippen LogP) is 0.195. The topological polar surface area (TPSA) is 60.6 Å². The summed E-state index contributed by atoms with van der Waals surface area (Å²) in [6.07, 6.45) is 5.25. The van der Waals surface area contributed by atoms with Gasteiger partial charge < -0.3 is 0 Å². The Morgan fingerprint density at radius 2 is 2.31 bits per heavy atom. The van der Waals surface area contributed by atoms with Crippen LogP contribution >= 0.6 is 0 Å². The lowest BCUT2D eigenvalue weighted by Crippen LogP contribution is -2.11. The second-order valence-electron chi connectivity index (χ2n) is 2.79. The van der Waals surface area contributed by atoms with Crippen LogP contribution in [0.15, 0.2) is 18.6 Å². The van der Waals surface area contributed by atoms with Crippen molar-refractivity contribution < 1.29 is 0 Å². The Bertz CT molecular complexity index is 387. The van der Waals surface area contributed by atoms with E-state index in [4.69, 9.17) is 0 Å². The number of hydrogen-bond donors (Lipinski definition) is 1. The summed E-state index contributed by atoms with van der Waals surface area (Å²) < 4.78 is 1.74. The highest BCUT2D eigenvalue weighted by Gasteiger charge is 2.02. The van der Waals surface area contributed by atoms with Gasteiger partial charge in [0.05, 0.1) is 12.4 Å². The van der Waals surface area contributed by atoms with Crippen LogP contribution in [0.4, 0.5) is 5.82 Å². The van der Waals surface area contributed by atoms with Gasteiger partial charge in [0.1, 0.15) is 0 Å². The van der Waals surface area contributed by atoms with Gasteiger partial charge in [-0.3, -0.25) is 10.1 Å². The van der Waals surface area contributed by atoms with Crippen molar-refractivity contribution in [2.75, 3.05) is 5.43 Å². The Kier molecular flexibility index (Phi) is 1.73. The van der Waals surface area contributed by atoms with Crippen LogP contribution in [0.25, 0.3) is 0 Å². The lowest BCUT2D eigenvalue weighted by Gasteiger charge is -2.00. The number of anilines is 1. The summed E-state index contributed by atoms with van der Waals surface area (Å²) in [7, 11) is 1.87. The minimum atomic E-state index is 0.785. The van der Waals surface area contributed by atoms with E-state index >= 15 is 0 Å². The first-order valence-corrected chi connectivity index (χ1v) is 3.89. The zero-order valence-electron chi connectivity index (χ0n) is 7.47. The fourth-order valence-electron chi connectivity index (χ4n) is 1.09. The first-order valence-electron chi connectivity index (χ1n) is 3.89. The van der Waals surface area contributed by atoms with Crippen molar-refractivity contribution in [2.24, 2.45) is 7.05 Å². The smallest absolute Gasteiger partial charge is 0.171 e. The van der Waals surface area contributed by atoms with Gasteiger partial charge in [-0.1, -0.05) is 0 Å². The molecule has 6 nitrogen and oxygen atoms in total. The van der Waals surface area contributed by atoms with Gasteiger partial charge in [-0.15, -0.1) is 5.10 Å². The second-order valence-corrected chi connectivity index (χ2v) is 2.79. The molecule has 0 saturated carbocycles. The van der Waals surface area contributed by atoms with E-state index < -0.39 is 0 Å². The minimum absolute atomic E-state index is 0.785. The molecule has 0 unspecified atom stereocenters. The van der Waals surface area contributed by atoms with E-state index in [-0.39, 0.29) is 0 Å². The van der Waals surface area contributed by atoms with Crippen LogP contribution in [0.5, 0.6) is 0 Å². The van der Waals surface area contributed by atoms with Crippen molar-refractivity contribution in [1.29, 1.82) is 0 Å². The molecule has 0 radical (unpaired) electrons. The first kappa shape index (κ1) is 7.78. The quantitative estimate of drug-likeness (QED) is 0.713. The zero-order valence-corrected chi connectivity index (χ0v) is 7.47. The lowest BCUT2D eigenvalue weighted by molar-refractivity contribution is 0.720. The van der Waals surface area contributed by atoms with Gasteiger partial charge in [-0.25, -0.2) is 0 Å². The summed E-state index contributed by atoms with van der Waals surface area (Å²) in [6.45, 7) is 1.98. The standard InChI is InChI=1S/C7H10N6/c1-6-5-12(2)9-7(6)10-13-4-3-8-11-13/h3-5H,1-2H3,(H,9,10). The largest absolute Gasteiger partial charge is 0.273 e. The molecular formula is C7H10N6. The molecular weight excluding hydrogens is 168 g/mol. The molecule has 0 bridgehead atoms. The predicted molar refractivity (Wildman–Crippen MR) is 47.0 cm³/mol. The van der Waals surface area contributed by atoms with Crippen molar-refractivity contribution >= 4 is 5.82 Å². The van der Waals surface area contributed by atoms with Crippen LogP contribution in [-0.2, 0) is 7.05 Å². The van der Waals surface area contributed by atoms with E-state index in [1.807, 2.05) is 20.2 Å². The fourth-order valence-corrected chi connectivity index (χ4v) is 1.09. The molecule has 0 saturated heterocycles. The van der Waals surface area contributed by atoms with Crippen LogP contribution in [0.3, 0.4) is 0 Å². The van der Waals surface area contributed by atoms with Crippen LogP contribution < -0.4 is 5.43 Å². The molecule has 68 valence electrons. The SMILES string of the molecule is Cc1cn(C)nc1Nn1ccnn1. The molecule has 2 aromatic heterocycles. The highest BCUT2D eigenvalue weighted by Crippen LogP contribution is 2.09. The zero-order chi connectivity index (χ0) is 9.26. The first-order chi connectivity index (χ1) is 6.25. The van der Waals surface area contributed by atoms with Gasteiger partial charge in [-0.2, -0.15) is 9.89 Å². The molecule has 0 spiro atoms. The maximum atomic E-state index is 4.20. The summed E-state index contributed by atoms with van der Waals surface area (Å²) in [6, 6.07) is 0. The molecule has 0 atom stereocenters. The van der Waals surface area contributed by atoms with Gasteiger partial charge in [0.2, 0.25) is 0 Å². The number of rotatable bonds is 2. The second kappa shape index (κ2) is 2.89. The van der Waals surface area contributed by atoms with E-state index in [1.165, 1.54) is 4.79 Å². The van der Waals surface area contributed by atoms with Crippen LogP contribution in [0, 0.1) is 6.92 Å². The summed E-state index contributed by atoms with van der Waals surface area (Å²) in [5.41, 5.74) is 4.05. The van der Waals surface area contributed by atoms with Gasteiger partial charge in [0, 0.05) is 18.8 Å². The maximum Gasteiger partial charge on any atom is 0.171 e. The van der Waals surface area contributed by atoms with Gasteiger partial charge in [-0.05, 0) is 12.1 Å². The molecule has 13 heavy (non-hydrogen) atoms. The molecule has 2 heterocycles. The summed E-state index contributed by atoms with van der Waals surface area (Å²) in [5.74, 6) is 0.785. The Labute approximate surface area is 75.1 Å². The summed E-state index contributed by atoms with van der Waals surface area (Å²) >= 11 is 0. The molecule has 0 aliphatic heterocycles. The van der Waals surface area contributed by atoms with Crippen molar-refractivity contribution in [2.45, 2.75) is 6.92 Å². The number of nitrogens with zero attached hydrogens (tertiary/aromatic N) is 5. The Morgan fingerprint density at radius 1 is 1.46 bits per heavy atom. The highest BCUT2D eigenvalue weighted by molar-refractivity contribution is 5.40. The molecule has 0 aliphatic carbocycles. The number of nitrogens with one attached hydrogen (secondary N) is 1. The van der Waals surface area contributed by atoms with Crippen LogP contribution in [0.1, 0.15) is 5.56 Å². The van der Waals surface area contributed by atoms with E-state index in [9.17, 15) is 0 Å². The average Bonchev–Trinajstić information content (AvgIpc) is 2.63. The third kappa shape index (κ3) is 1.51. The summed E-state index contributed by atoms with van der Waals surface area (Å²) in [5, 5.41) is 11.6. The fraction of sp³-hybridized carbons (Fsp3) is 0.286. The average molecular weight is 178 g/mol. The number of aryl methyl sites for hydroxylation is 2. The monoisotopic (exact) mass is 178 g/mol. The molecule has 0 aliphatic rings. The molecule has 0 amide bonds. The number of aromatic nitrogens is 5. The van der Waals surface area contributed by atoms with Gasteiger partial charge in [0.25, 0.3) is 0 Å².